The molecule has 100 valence electrons. The van der Waals surface area contributed by atoms with E-state index in [1.54, 1.807) is 10.6 Å². The molecule has 0 aliphatic heterocycles. The molecule has 0 radical (unpaired) electrons. The van der Waals surface area contributed by atoms with E-state index in [1.807, 2.05) is 13.8 Å². The molecule has 0 saturated carbocycles. The summed E-state index contributed by atoms with van der Waals surface area (Å²) in [5, 5.41) is 18.1. The van der Waals surface area contributed by atoms with Crippen molar-refractivity contribution in [2.75, 3.05) is 0 Å². The van der Waals surface area contributed by atoms with E-state index in [2.05, 4.69) is 10.2 Å². The van der Waals surface area contributed by atoms with Gasteiger partial charge in [0.15, 0.2) is 10.6 Å². The third kappa shape index (κ3) is 2.39. The molecule has 0 aliphatic carbocycles. The number of H-pyrrole nitrogens is 1. The van der Waals surface area contributed by atoms with Crippen molar-refractivity contribution < 1.29 is 4.92 Å². The van der Waals surface area contributed by atoms with Gasteiger partial charge in [-0.25, -0.2) is 0 Å². The Morgan fingerprint density at radius 1 is 1.53 bits per heavy atom. The number of aromatic nitrogens is 3. The average molecular weight is 299 g/mol. The second-order valence-corrected chi connectivity index (χ2v) is 5.00. The SMILES string of the molecule is CC(C)n1c(-c2c(Cl)cccc2[N+](=O)[O-])n[nH]c1=S. The molecular weight excluding hydrogens is 288 g/mol. The molecular formula is C11H11ClN4O2S. The van der Waals surface area contributed by atoms with Gasteiger partial charge in [0.1, 0.15) is 5.56 Å². The van der Waals surface area contributed by atoms with Crippen LogP contribution in [0.2, 0.25) is 5.02 Å². The highest BCUT2D eigenvalue weighted by Crippen LogP contribution is 2.35. The summed E-state index contributed by atoms with van der Waals surface area (Å²) in [7, 11) is 0. The molecule has 0 saturated heterocycles. The Morgan fingerprint density at radius 3 is 2.79 bits per heavy atom. The van der Waals surface area contributed by atoms with Crippen LogP contribution in [0.3, 0.4) is 0 Å². The molecule has 2 aromatic rings. The molecule has 1 aromatic carbocycles. The van der Waals surface area contributed by atoms with Crippen molar-refractivity contribution in [3.8, 4) is 11.4 Å². The van der Waals surface area contributed by atoms with E-state index >= 15 is 0 Å². The monoisotopic (exact) mass is 298 g/mol. The van der Waals surface area contributed by atoms with E-state index in [0.717, 1.165) is 0 Å². The molecule has 19 heavy (non-hydrogen) atoms. The standard InChI is InChI=1S/C11H11ClN4O2S/c1-6(2)15-10(13-14-11(15)19)9-7(12)4-3-5-8(9)16(17)18/h3-6H,1-2H3,(H,14,19). The van der Waals surface area contributed by atoms with Crippen LogP contribution < -0.4 is 0 Å². The Balaban J connectivity index is 2.80. The van der Waals surface area contributed by atoms with Crippen LogP contribution >= 0.6 is 23.8 Å². The molecule has 0 amide bonds. The lowest BCUT2D eigenvalue weighted by atomic mass is 10.1. The van der Waals surface area contributed by atoms with Crippen molar-refractivity contribution in [2.24, 2.45) is 0 Å². The molecule has 0 atom stereocenters. The van der Waals surface area contributed by atoms with Gasteiger partial charge < -0.3 is 0 Å². The van der Waals surface area contributed by atoms with E-state index < -0.39 is 4.92 Å². The van der Waals surface area contributed by atoms with Crippen LogP contribution in [0, 0.1) is 14.9 Å². The third-order valence-electron chi connectivity index (χ3n) is 2.63. The Bertz CT molecular complexity index is 692. The first kappa shape index (κ1) is 13.7. The molecule has 1 heterocycles. The van der Waals surface area contributed by atoms with Crippen LogP contribution in [-0.2, 0) is 0 Å². The van der Waals surface area contributed by atoms with Gasteiger partial charge in [-0.3, -0.25) is 19.8 Å². The predicted molar refractivity (Wildman–Crippen MR) is 74.9 cm³/mol. The lowest BCUT2D eigenvalue weighted by Crippen LogP contribution is -2.05. The second kappa shape index (κ2) is 5.10. The van der Waals surface area contributed by atoms with Gasteiger partial charge in [0.2, 0.25) is 0 Å². The first-order valence-electron chi connectivity index (χ1n) is 5.53. The predicted octanol–water partition coefficient (Wildman–Crippen LogP) is 3.75. The first-order valence-corrected chi connectivity index (χ1v) is 6.32. The number of benzene rings is 1. The zero-order valence-electron chi connectivity index (χ0n) is 10.3. The maximum Gasteiger partial charge on any atom is 0.281 e. The zero-order chi connectivity index (χ0) is 14.2. The quantitative estimate of drug-likeness (QED) is 0.532. The number of nitrogens with one attached hydrogen (secondary N) is 1. The molecule has 0 bridgehead atoms. The first-order chi connectivity index (χ1) is 8.93. The number of hydrogen-bond acceptors (Lipinski definition) is 4. The second-order valence-electron chi connectivity index (χ2n) is 4.21. The Hall–Kier alpha value is -1.73. The summed E-state index contributed by atoms with van der Waals surface area (Å²) in [6.45, 7) is 3.83. The number of nitro benzene ring substituents is 1. The van der Waals surface area contributed by atoms with Crippen molar-refractivity contribution in [3.63, 3.8) is 0 Å². The summed E-state index contributed by atoms with van der Waals surface area (Å²) in [5.41, 5.74) is 0.179. The van der Waals surface area contributed by atoms with Gasteiger partial charge in [-0.15, -0.1) is 0 Å². The van der Waals surface area contributed by atoms with Gasteiger partial charge >= 0.3 is 0 Å². The fraction of sp³-hybridized carbons (Fsp3) is 0.273. The number of aromatic amines is 1. The number of nitro groups is 1. The number of nitrogens with zero attached hydrogens (tertiary/aromatic N) is 3. The Labute approximate surface area is 119 Å². The molecule has 0 spiro atoms. The van der Waals surface area contributed by atoms with Crippen LogP contribution in [0.1, 0.15) is 19.9 Å². The third-order valence-corrected chi connectivity index (χ3v) is 3.24. The molecule has 0 fully saturated rings. The fourth-order valence-electron chi connectivity index (χ4n) is 1.85. The summed E-state index contributed by atoms with van der Waals surface area (Å²) < 4.78 is 2.10. The van der Waals surface area contributed by atoms with E-state index in [9.17, 15) is 10.1 Å². The Morgan fingerprint density at radius 2 is 2.21 bits per heavy atom. The topological polar surface area (TPSA) is 76.8 Å². The summed E-state index contributed by atoms with van der Waals surface area (Å²) in [5.74, 6) is 0.373. The summed E-state index contributed by atoms with van der Waals surface area (Å²) in [4.78, 5) is 10.6. The molecule has 0 unspecified atom stereocenters. The molecule has 8 heteroatoms. The normalized spacial score (nSPS) is 10.9. The zero-order valence-corrected chi connectivity index (χ0v) is 11.8. The number of hydrogen-bond donors (Lipinski definition) is 1. The van der Waals surface area contributed by atoms with Gasteiger partial charge in [0.25, 0.3) is 5.69 Å². The van der Waals surface area contributed by atoms with E-state index in [4.69, 9.17) is 23.8 Å². The highest BCUT2D eigenvalue weighted by atomic mass is 35.5. The summed E-state index contributed by atoms with van der Waals surface area (Å²) >= 11 is 11.2. The average Bonchev–Trinajstić information content (AvgIpc) is 2.70. The maximum absolute atomic E-state index is 11.1. The van der Waals surface area contributed by atoms with Crippen molar-refractivity contribution >= 4 is 29.5 Å². The number of rotatable bonds is 3. The van der Waals surface area contributed by atoms with Crippen LogP contribution in [0.25, 0.3) is 11.4 Å². The molecule has 0 aliphatic rings. The number of halogens is 1. The van der Waals surface area contributed by atoms with Crippen molar-refractivity contribution in [1.82, 2.24) is 14.8 Å². The van der Waals surface area contributed by atoms with E-state index in [1.165, 1.54) is 12.1 Å². The minimum Gasteiger partial charge on any atom is -0.297 e. The van der Waals surface area contributed by atoms with Crippen molar-refractivity contribution in [1.29, 1.82) is 0 Å². The molecule has 1 N–H and O–H groups in total. The molecule has 1 aromatic heterocycles. The van der Waals surface area contributed by atoms with Crippen LogP contribution in [0.15, 0.2) is 18.2 Å². The minimum atomic E-state index is -0.483. The van der Waals surface area contributed by atoms with Crippen LogP contribution in [0.4, 0.5) is 5.69 Å². The van der Waals surface area contributed by atoms with Crippen LogP contribution in [0.5, 0.6) is 0 Å². The van der Waals surface area contributed by atoms with Gasteiger partial charge in [0.05, 0.1) is 9.95 Å². The highest BCUT2D eigenvalue weighted by Gasteiger charge is 2.24. The molecule has 2 rings (SSSR count). The smallest absolute Gasteiger partial charge is 0.281 e. The summed E-state index contributed by atoms with van der Waals surface area (Å²) in [6.07, 6.45) is 0. The largest absolute Gasteiger partial charge is 0.297 e. The maximum atomic E-state index is 11.1. The Kier molecular flexibility index (Phi) is 3.68. The lowest BCUT2D eigenvalue weighted by Gasteiger charge is -2.11. The van der Waals surface area contributed by atoms with Crippen LogP contribution in [-0.4, -0.2) is 19.7 Å². The van der Waals surface area contributed by atoms with Gasteiger partial charge in [-0.2, -0.15) is 5.10 Å². The summed E-state index contributed by atoms with van der Waals surface area (Å²) in [6, 6.07) is 4.53. The van der Waals surface area contributed by atoms with Gasteiger partial charge in [-0.1, -0.05) is 17.7 Å². The highest BCUT2D eigenvalue weighted by molar-refractivity contribution is 7.71. The van der Waals surface area contributed by atoms with Crippen molar-refractivity contribution in [2.45, 2.75) is 19.9 Å². The van der Waals surface area contributed by atoms with E-state index in [-0.39, 0.29) is 22.3 Å². The van der Waals surface area contributed by atoms with E-state index in [0.29, 0.717) is 10.6 Å². The lowest BCUT2D eigenvalue weighted by molar-refractivity contribution is -0.384. The van der Waals surface area contributed by atoms with Gasteiger partial charge in [-0.05, 0) is 32.1 Å². The van der Waals surface area contributed by atoms with Crippen molar-refractivity contribution in [3.05, 3.63) is 38.1 Å². The minimum absolute atomic E-state index is 0.0112. The van der Waals surface area contributed by atoms with Gasteiger partial charge in [0, 0.05) is 12.1 Å². The molecule has 6 nitrogen and oxygen atoms in total. The fourth-order valence-corrected chi connectivity index (χ4v) is 2.44.